The second-order valence-electron chi connectivity index (χ2n) is 6.30. The van der Waals surface area contributed by atoms with E-state index < -0.39 is 14.9 Å². The lowest BCUT2D eigenvalue weighted by Crippen LogP contribution is -2.27. The van der Waals surface area contributed by atoms with Gasteiger partial charge in [0.25, 0.3) is 5.69 Å². The highest BCUT2D eigenvalue weighted by atomic mass is 32.2. The smallest absolute Gasteiger partial charge is 0.258 e. The molecule has 1 fully saturated rings. The zero-order valence-corrected chi connectivity index (χ0v) is 17.5. The molecule has 13 heteroatoms. The van der Waals surface area contributed by atoms with E-state index in [1.165, 1.54) is 16.4 Å². The number of nitro groups is 1. The summed E-state index contributed by atoms with van der Waals surface area (Å²) in [6.45, 7) is 1.32. The Morgan fingerprint density at radius 1 is 1.24 bits per heavy atom. The van der Waals surface area contributed by atoms with Crippen molar-refractivity contribution in [3.05, 3.63) is 50.7 Å². The number of nitrogens with zero attached hydrogens (tertiary/aromatic N) is 6. The number of rotatable bonds is 7. The molecule has 0 spiro atoms. The Morgan fingerprint density at radius 2 is 2.03 bits per heavy atom. The van der Waals surface area contributed by atoms with E-state index in [0.29, 0.717) is 24.8 Å². The van der Waals surface area contributed by atoms with Gasteiger partial charge in [0.05, 0.1) is 21.3 Å². The Hall–Kier alpha value is -2.35. The minimum absolute atomic E-state index is 0.0753. The Balaban J connectivity index is 1.63. The highest BCUT2D eigenvalue weighted by Gasteiger charge is 2.30. The van der Waals surface area contributed by atoms with Gasteiger partial charge < -0.3 is 0 Å². The third-order valence-corrected chi connectivity index (χ3v) is 8.21. The molecule has 0 N–H and O–H groups in total. The van der Waals surface area contributed by atoms with Crippen molar-refractivity contribution in [2.24, 2.45) is 0 Å². The first kappa shape index (κ1) is 19.9. The second-order valence-corrected chi connectivity index (χ2v) is 10.3. The van der Waals surface area contributed by atoms with Gasteiger partial charge in [0, 0.05) is 24.0 Å². The summed E-state index contributed by atoms with van der Waals surface area (Å²) in [6, 6.07) is 7.82. The minimum atomic E-state index is -3.74. The fraction of sp³-hybridized carbons (Fsp3) is 0.312. The van der Waals surface area contributed by atoms with Gasteiger partial charge in [0.2, 0.25) is 15.2 Å². The first-order valence-electron chi connectivity index (χ1n) is 8.70. The maximum absolute atomic E-state index is 12.7. The van der Waals surface area contributed by atoms with Crippen LogP contribution in [0.5, 0.6) is 0 Å². The van der Waals surface area contributed by atoms with Crippen LogP contribution in [-0.4, -0.2) is 50.9 Å². The molecule has 10 nitrogen and oxygen atoms in total. The summed E-state index contributed by atoms with van der Waals surface area (Å²) in [4.78, 5) is 12.3. The molecule has 0 atom stereocenters. The monoisotopic (exact) mass is 452 g/mol. The van der Waals surface area contributed by atoms with Crippen molar-refractivity contribution in [3.8, 4) is 0 Å². The molecule has 3 aromatic rings. The highest BCUT2D eigenvalue weighted by molar-refractivity contribution is 7.99. The molecule has 0 radical (unpaired) electrons. The van der Waals surface area contributed by atoms with E-state index in [1.54, 1.807) is 16.0 Å². The van der Waals surface area contributed by atoms with Crippen LogP contribution in [0, 0.1) is 10.1 Å². The van der Waals surface area contributed by atoms with Crippen molar-refractivity contribution in [1.82, 2.24) is 24.5 Å². The summed E-state index contributed by atoms with van der Waals surface area (Å²) in [5.41, 5.74) is -0.291. The highest BCUT2D eigenvalue weighted by Crippen LogP contribution is 2.36. The first-order chi connectivity index (χ1) is 13.9. The number of tetrazole rings is 1. The third-order valence-electron chi connectivity index (χ3n) is 4.42. The zero-order chi connectivity index (χ0) is 20.4. The zero-order valence-electron chi connectivity index (χ0n) is 15.0. The van der Waals surface area contributed by atoms with Crippen molar-refractivity contribution in [2.45, 2.75) is 34.3 Å². The van der Waals surface area contributed by atoms with Crippen LogP contribution in [0.4, 0.5) is 5.69 Å². The van der Waals surface area contributed by atoms with E-state index in [4.69, 9.17) is 0 Å². The van der Waals surface area contributed by atoms with E-state index in [9.17, 15) is 18.5 Å². The molecule has 2 aromatic heterocycles. The number of hydrogen-bond acceptors (Lipinski definition) is 9. The van der Waals surface area contributed by atoms with E-state index >= 15 is 0 Å². The summed E-state index contributed by atoms with van der Waals surface area (Å²) in [6.07, 6.45) is 1.59. The van der Waals surface area contributed by atoms with Crippen LogP contribution in [-0.2, 0) is 16.6 Å². The Labute approximate surface area is 174 Å². The predicted octanol–water partition coefficient (Wildman–Crippen LogP) is 2.63. The Kier molecular flexibility index (Phi) is 5.63. The molecule has 1 aliphatic heterocycles. The van der Waals surface area contributed by atoms with Crippen LogP contribution in [0.2, 0.25) is 0 Å². The number of benzene rings is 1. The van der Waals surface area contributed by atoms with E-state index in [1.807, 2.05) is 17.5 Å². The van der Waals surface area contributed by atoms with Gasteiger partial charge in [-0.15, -0.1) is 16.4 Å². The first-order valence-corrected chi connectivity index (χ1v) is 11.8. The lowest BCUT2D eigenvalue weighted by Gasteiger charge is -2.15. The van der Waals surface area contributed by atoms with E-state index in [0.717, 1.165) is 35.5 Å². The quantitative estimate of drug-likeness (QED) is 0.396. The molecule has 4 rings (SSSR count). The number of nitro benzene ring substituents is 1. The summed E-state index contributed by atoms with van der Waals surface area (Å²) < 4.78 is 28.4. The lowest BCUT2D eigenvalue weighted by molar-refractivity contribution is -0.388. The van der Waals surface area contributed by atoms with E-state index in [-0.39, 0.29) is 15.5 Å². The Bertz CT molecular complexity index is 1120. The number of hydrogen-bond donors (Lipinski definition) is 0. The van der Waals surface area contributed by atoms with E-state index in [2.05, 4.69) is 15.5 Å². The van der Waals surface area contributed by atoms with Gasteiger partial charge in [-0.05, 0) is 58.6 Å². The van der Waals surface area contributed by atoms with Gasteiger partial charge in [-0.1, -0.05) is 6.07 Å². The molecule has 3 heterocycles. The van der Waals surface area contributed by atoms with Gasteiger partial charge in [0.1, 0.15) is 0 Å². The molecular formula is C16H16N6O4S3. The number of aromatic nitrogens is 4. The normalized spacial score (nSPS) is 15.0. The molecule has 0 aliphatic carbocycles. The summed E-state index contributed by atoms with van der Waals surface area (Å²) >= 11 is 2.59. The van der Waals surface area contributed by atoms with Gasteiger partial charge in [-0.3, -0.25) is 10.1 Å². The molecule has 1 saturated heterocycles. The molecule has 0 unspecified atom stereocenters. The maximum atomic E-state index is 12.7. The maximum Gasteiger partial charge on any atom is 0.284 e. The molecular weight excluding hydrogens is 436 g/mol. The summed E-state index contributed by atoms with van der Waals surface area (Å²) in [5.74, 6) is 0. The largest absolute Gasteiger partial charge is 0.284 e. The molecule has 152 valence electrons. The van der Waals surface area contributed by atoms with Crippen molar-refractivity contribution in [3.63, 3.8) is 0 Å². The van der Waals surface area contributed by atoms with Crippen molar-refractivity contribution >= 4 is 38.8 Å². The number of thiophene rings is 1. The van der Waals surface area contributed by atoms with Crippen molar-refractivity contribution < 1.29 is 13.3 Å². The predicted molar refractivity (Wildman–Crippen MR) is 106 cm³/mol. The molecule has 0 bridgehead atoms. The van der Waals surface area contributed by atoms with Crippen LogP contribution < -0.4 is 0 Å². The van der Waals surface area contributed by atoms with Crippen LogP contribution in [0.15, 0.2) is 50.7 Å². The average Bonchev–Trinajstić information content (AvgIpc) is 3.46. The van der Waals surface area contributed by atoms with Crippen molar-refractivity contribution in [2.75, 3.05) is 13.1 Å². The molecule has 0 saturated carbocycles. The number of sulfonamides is 1. The van der Waals surface area contributed by atoms with Gasteiger partial charge in [-0.25, -0.2) is 13.1 Å². The molecule has 29 heavy (non-hydrogen) atoms. The van der Waals surface area contributed by atoms with Gasteiger partial charge in [0.15, 0.2) is 0 Å². The van der Waals surface area contributed by atoms with Crippen LogP contribution in [0.3, 0.4) is 0 Å². The Morgan fingerprint density at radius 3 is 2.72 bits per heavy atom. The molecule has 0 amide bonds. The third kappa shape index (κ3) is 4.17. The fourth-order valence-corrected chi connectivity index (χ4v) is 6.06. The van der Waals surface area contributed by atoms with Crippen molar-refractivity contribution in [1.29, 1.82) is 0 Å². The summed E-state index contributed by atoms with van der Waals surface area (Å²) in [7, 11) is -3.74. The second kappa shape index (κ2) is 8.18. The van der Waals surface area contributed by atoms with Gasteiger partial charge >= 0.3 is 0 Å². The SMILES string of the molecule is O=[N+]([O-])c1cc(S(=O)(=O)N2CCCC2)ccc1Sc1nnnn1Cc1cccs1. The fourth-order valence-electron chi connectivity index (χ4n) is 2.98. The average molecular weight is 453 g/mol. The van der Waals surface area contributed by atoms with Gasteiger partial charge in [-0.2, -0.15) is 4.31 Å². The summed E-state index contributed by atoms with van der Waals surface area (Å²) in [5, 5.41) is 25.5. The lowest BCUT2D eigenvalue weighted by atomic mass is 10.3. The topological polar surface area (TPSA) is 124 Å². The van der Waals surface area contributed by atoms with Crippen LogP contribution in [0.1, 0.15) is 17.7 Å². The van der Waals surface area contributed by atoms with Crippen LogP contribution >= 0.6 is 23.1 Å². The molecule has 1 aliphatic rings. The standard InChI is InChI=1S/C16H16N6O4S3/c23-22(24)14-10-13(29(25,26)20-7-1-2-8-20)5-6-15(14)28-16-17-18-19-21(16)11-12-4-3-9-27-12/h3-6,9-10H,1-2,7-8,11H2. The minimum Gasteiger partial charge on any atom is -0.258 e. The molecule has 1 aromatic carbocycles. The van der Waals surface area contributed by atoms with Crippen LogP contribution in [0.25, 0.3) is 0 Å².